The average Bonchev–Trinajstić information content (AvgIpc) is 2.78. The number of fused-ring (bicyclic) bond motifs is 1. The van der Waals surface area contributed by atoms with Crippen LogP contribution in [0.3, 0.4) is 0 Å². The van der Waals surface area contributed by atoms with Crippen LogP contribution in [0.25, 0.3) is 11.4 Å². The number of methoxy groups -OCH3 is 3. The lowest BCUT2D eigenvalue weighted by Gasteiger charge is -2.28. The second-order valence-electron chi connectivity index (χ2n) is 7.07. The van der Waals surface area contributed by atoms with Crippen LogP contribution in [0.4, 0.5) is 0 Å². The number of rotatable bonds is 6. The topological polar surface area (TPSA) is 89.6 Å². The molecule has 4 rings (SSSR count). The molecule has 0 bridgehead atoms. The Morgan fingerprint density at radius 3 is 2.40 bits per heavy atom. The van der Waals surface area contributed by atoms with Crippen molar-refractivity contribution in [3.05, 3.63) is 63.8 Å². The smallest absolute Gasteiger partial charge is 0.254 e. The summed E-state index contributed by atoms with van der Waals surface area (Å²) in [4.78, 5) is 26.5. The summed E-state index contributed by atoms with van der Waals surface area (Å²) in [7, 11) is 4.80. The summed E-state index contributed by atoms with van der Waals surface area (Å²) in [6, 6.07) is 7.57. The summed E-state index contributed by atoms with van der Waals surface area (Å²) in [6.45, 7) is 2.03. The van der Waals surface area contributed by atoms with Crippen molar-refractivity contribution in [1.82, 2.24) is 19.9 Å². The Balaban J connectivity index is 1.60. The van der Waals surface area contributed by atoms with Crippen LogP contribution in [-0.4, -0.2) is 47.7 Å². The van der Waals surface area contributed by atoms with Crippen LogP contribution in [0.1, 0.15) is 16.8 Å². The van der Waals surface area contributed by atoms with Crippen LogP contribution >= 0.6 is 0 Å². The molecule has 3 heterocycles. The molecule has 0 atom stereocenters. The molecule has 0 saturated heterocycles. The highest BCUT2D eigenvalue weighted by Gasteiger charge is 2.22. The van der Waals surface area contributed by atoms with Gasteiger partial charge in [0, 0.05) is 43.2 Å². The summed E-state index contributed by atoms with van der Waals surface area (Å²) >= 11 is 0. The van der Waals surface area contributed by atoms with Gasteiger partial charge in [-0.15, -0.1) is 0 Å². The first-order valence-electron chi connectivity index (χ1n) is 9.66. The van der Waals surface area contributed by atoms with E-state index in [1.807, 2.05) is 24.3 Å². The van der Waals surface area contributed by atoms with E-state index in [0.29, 0.717) is 42.6 Å². The van der Waals surface area contributed by atoms with Gasteiger partial charge in [-0.3, -0.25) is 14.7 Å². The maximum atomic E-state index is 12.6. The fourth-order valence-corrected chi connectivity index (χ4v) is 3.76. The van der Waals surface area contributed by atoms with Crippen molar-refractivity contribution in [1.29, 1.82) is 0 Å². The van der Waals surface area contributed by atoms with E-state index in [0.717, 1.165) is 28.9 Å². The van der Waals surface area contributed by atoms with E-state index in [2.05, 4.69) is 14.9 Å². The molecule has 1 N–H and O–H groups in total. The quantitative estimate of drug-likeness (QED) is 0.670. The first-order valence-corrected chi connectivity index (χ1v) is 9.66. The van der Waals surface area contributed by atoms with E-state index in [4.69, 9.17) is 19.2 Å². The molecule has 2 aromatic heterocycles. The van der Waals surface area contributed by atoms with E-state index in [1.54, 1.807) is 33.7 Å². The molecule has 1 aromatic carbocycles. The van der Waals surface area contributed by atoms with Crippen LogP contribution < -0.4 is 19.8 Å². The summed E-state index contributed by atoms with van der Waals surface area (Å²) in [5, 5.41) is 0. The van der Waals surface area contributed by atoms with Crippen molar-refractivity contribution in [3.63, 3.8) is 0 Å². The zero-order valence-electron chi connectivity index (χ0n) is 17.3. The zero-order valence-corrected chi connectivity index (χ0v) is 17.3. The monoisotopic (exact) mass is 408 g/mol. The van der Waals surface area contributed by atoms with E-state index < -0.39 is 0 Å². The van der Waals surface area contributed by atoms with E-state index in [-0.39, 0.29) is 5.56 Å². The van der Waals surface area contributed by atoms with Crippen molar-refractivity contribution < 1.29 is 14.2 Å². The molecule has 156 valence electrons. The summed E-state index contributed by atoms with van der Waals surface area (Å²) in [5.41, 5.74) is 3.37. The minimum absolute atomic E-state index is 0.0701. The van der Waals surface area contributed by atoms with Crippen molar-refractivity contribution in [2.45, 2.75) is 19.5 Å². The molecule has 0 radical (unpaired) electrons. The van der Waals surface area contributed by atoms with E-state index in [1.165, 1.54) is 0 Å². The van der Waals surface area contributed by atoms with Gasteiger partial charge in [-0.2, -0.15) is 0 Å². The van der Waals surface area contributed by atoms with Gasteiger partial charge >= 0.3 is 0 Å². The number of aromatic amines is 1. The van der Waals surface area contributed by atoms with Gasteiger partial charge in [-0.25, -0.2) is 4.98 Å². The number of aromatic nitrogens is 3. The van der Waals surface area contributed by atoms with Gasteiger partial charge in [-0.05, 0) is 36.2 Å². The van der Waals surface area contributed by atoms with Crippen LogP contribution in [0.2, 0.25) is 0 Å². The Hall–Kier alpha value is -3.39. The van der Waals surface area contributed by atoms with Gasteiger partial charge in [0.1, 0.15) is 5.82 Å². The van der Waals surface area contributed by atoms with Crippen LogP contribution in [0, 0.1) is 0 Å². The molecule has 0 amide bonds. The Morgan fingerprint density at radius 2 is 1.77 bits per heavy atom. The number of benzene rings is 1. The summed E-state index contributed by atoms with van der Waals surface area (Å²) in [5.74, 6) is 2.39. The number of hydrogen-bond acceptors (Lipinski definition) is 7. The Morgan fingerprint density at radius 1 is 1.07 bits per heavy atom. The van der Waals surface area contributed by atoms with Gasteiger partial charge in [0.25, 0.3) is 5.56 Å². The Bertz CT molecular complexity index is 1070. The molecule has 0 unspecified atom stereocenters. The van der Waals surface area contributed by atoms with Crippen molar-refractivity contribution in [2.24, 2.45) is 0 Å². The fraction of sp³-hybridized carbons (Fsp3) is 0.318. The van der Waals surface area contributed by atoms with Crippen LogP contribution in [0.5, 0.6) is 17.2 Å². The molecule has 30 heavy (non-hydrogen) atoms. The van der Waals surface area contributed by atoms with Crippen molar-refractivity contribution in [3.8, 4) is 28.6 Å². The number of H-pyrrole nitrogens is 1. The maximum absolute atomic E-state index is 12.6. The van der Waals surface area contributed by atoms with Gasteiger partial charge < -0.3 is 19.2 Å². The number of nitrogens with zero attached hydrogens (tertiary/aromatic N) is 3. The molecular formula is C22H24N4O4. The van der Waals surface area contributed by atoms with E-state index in [9.17, 15) is 4.79 Å². The highest BCUT2D eigenvalue weighted by atomic mass is 16.5. The minimum atomic E-state index is -0.0701. The SMILES string of the molecule is COc1cc(CN2CCc3c(nc(-c4ccncc4)[nH]c3=O)C2)cc(OC)c1OC. The van der Waals surface area contributed by atoms with Crippen LogP contribution in [0.15, 0.2) is 41.5 Å². The molecule has 0 fully saturated rings. The van der Waals surface area contributed by atoms with Crippen molar-refractivity contribution in [2.75, 3.05) is 27.9 Å². The number of pyridine rings is 1. The molecule has 8 nitrogen and oxygen atoms in total. The molecule has 3 aromatic rings. The van der Waals surface area contributed by atoms with Gasteiger partial charge in [0.2, 0.25) is 5.75 Å². The first kappa shape index (κ1) is 19.9. The normalized spacial score (nSPS) is 13.6. The molecular weight excluding hydrogens is 384 g/mol. The van der Waals surface area contributed by atoms with Crippen molar-refractivity contribution >= 4 is 0 Å². The van der Waals surface area contributed by atoms with Gasteiger partial charge in [-0.1, -0.05) is 0 Å². The molecule has 1 aliphatic rings. The lowest BCUT2D eigenvalue weighted by Crippen LogP contribution is -2.35. The third kappa shape index (κ3) is 3.86. The second kappa shape index (κ2) is 8.54. The average molecular weight is 408 g/mol. The highest BCUT2D eigenvalue weighted by molar-refractivity contribution is 5.55. The maximum Gasteiger partial charge on any atom is 0.254 e. The van der Waals surface area contributed by atoms with E-state index >= 15 is 0 Å². The fourth-order valence-electron chi connectivity index (χ4n) is 3.76. The summed E-state index contributed by atoms with van der Waals surface area (Å²) in [6.07, 6.45) is 4.02. The third-order valence-electron chi connectivity index (χ3n) is 5.24. The standard InChI is InChI=1S/C22H24N4O4/c1-28-18-10-14(11-19(29-2)20(18)30-3)12-26-9-6-16-17(13-26)24-21(25-22(16)27)15-4-7-23-8-5-15/h4-5,7-8,10-11H,6,9,12-13H2,1-3H3,(H,24,25,27). The molecule has 8 heteroatoms. The molecule has 0 spiro atoms. The Kier molecular flexibility index (Phi) is 5.67. The summed E-state index contributed by atoms with van der Waals surface area (Å²) < 4.78 is 16.3. The Labute approximate surface area is 174 Å². The van der Waals surface area contributed by atoms with Gasteiger partial charge in [0.05, 0.1) is 27.0 Å². The number of nitrogens with one attached hydrogen (secondary N) is 1. The lowest BCUT2D eigenvalue weighted by molar-refractivity contribution is 0.239. The molecule has 0 saturated carbocycles. The number of hydrogen-bond donors (Lipinski definition) is 1. The molecule has 1 aliphatic heterocycles. The molecule has 0 aliphatic carbocycles. The highest BCUT2D eigenvalue weighted by Crippen LogP contribution is 2.38. The van der Waals surface area contributed by atoms with Crippen LogP contribution in [-0.2, 0) is 19.5 Å². The predicted molar refractivity (Wildman–Crippen MR) is 112 cm³/mol. The predicted octanol–water partition coefficient (Wildman–Crippen LogP) is 2.42. The largest absolute Gasteiger partial charge is 0.493 e. The first-order chi connectivity index (χ1) is 14.6. The zero-order chi connectivity index (χ0) is 21.1. The van der Waals surface area contributed by atoms with Gasteiger partial charge in [0.15, 0.2) is 11.5 Å². The second-order valence-corrected chi connectivity index (χ2v) is 7.07. The number of ether oxygens (including phenoxy) is 3. The third-order valence-corrected chi connectivity index (χ3v) is 5.24. The minimum Gasteiger partial charge on any atom is -0.493 e. The lowest BCUT2D eigenvalue weighted by atomic mass is 10.0.